The molecular formula is C26H19F3O2. The summed E-state index contributed by atoms with van der Waals surface area (Å²) in [5.74, 6) is -0.727. The molecule has 4 aromatic rings. The zero-order valence-corrected chi connectivity index (χ0v) is 16.7. The third kappa shape index (κ3) is 4.89. The van der Waals surface area contributed by atoms with Crippen molar-refractivity contribution in [1.29, 1.82) is 0 Å². The third-order valence-corrected chi connectivity index (χ3v) is 4.85. The zero-order valence-electron chi connectivity index (χ0n) is 16.7. The molecule has 0 unspecified atom stereocenters. The molecule has 156 valence electrons. The molecule has 0 radical (unpaired) electrons. The molecule has 0 saturated heterocycles. The maximum absolute atomic E-state index is 14.5. The summed E-state index contributed by atoms with van der Waals surface area (Å²) in [6.07, 6.45) is 0. The minimum Gasteiger partial charge on any atom is -0.457 e. The van der Waals surface area contributed by atoms with Gasteiger partial charge in [-0.05, 0) is 54.4 Å². The molecule has 0 spiro atoms. The smallest absolute Gasteiger partial charge is 0.230 e. The molecule has 5 heteroatoms. The molecule has 4 rings (SSSR count). The van der Waals surface area contributed by atoms with Crippen molar-refractivity contribution in [3.05, 3.63) is 108 Å². The van der Waals surface area contributed by atoms with Gasteiger partial charge in [-0.2, -0.15) is 0 Å². The molecule has 0 amide bonds. The fraction of sp³-hybridized carbons (Fsp3) is 0.0769. The molecule has 0 bridgehead atoms. The van der Waals surface area contributed by atoms with Gasteiger partial charge in [0.25, 0.3) is 0 Å². The van der Waals surface area contributed by atoms with E-state index >= 15 is 0 Å². The van der Waals surface area contributed by atoms with Crippen molar-refractivity contribution >= 4 is 0 Å². The van der Waals surface area contributed by atoms with Gasteiger partial charge in [0, 0.05) is 23.3 Å². The third-order valence-electron chi connectivity index (χ3n) is 4.85. The van der Waals surface area contributed by atoms with Crippen molar-refractivity contribution in [2.24, 2.45) is 0 Å². The van der Waals surface area contributed by atoms with E-state index in [2.05, 4.69) is 0 Å². The molecule has 0 saturated carbocycles. The van der Waals surface area contributed by atoms with E-state index in [1.807, 2.05) is 31.2 Å². The van der Waals surface area contributed by atoms with Gasteiger partial charge in [0.15, 0.2) is 0 Å². The van der Waals surface area contributed by atoms with Crippen molar-refractivity contribution in [3.8, 4) is 33.8 Å². The fourth-order valence-electron chi connectivity index (χ4n) is 3.17. The lowest BCUT2D eigenvalue weighted by Crippen LogP contribution is -2.06. The lowest BCUT2D eigenvalue weighted by Gasteiger charge is -2.11. The van der Waals surface area contributed by atoms with Crippen LogP contribution in [0.4, 0.5) is 13.2 Å². The van der Waals surface area contributed by atoms with Crippen LogP contribution in [0.1, 0.15) is 5.56 Å². The SMILES string of the molecule is Cc1ccc(-c2ccc(OCOc3ccc(-c4ccc(F)cc4)c(F)c3)cc2F)cc1. The number of rotatable bonds is 6. The number of ether oxygens (including phenoxy) is 2. The molecule has 0 aliphatic rings. The van der Waals surface area contributed by atoms with Crippen molar-refractivity contribution in [1.82, 2.24) is 0 Å². The van der Waals surface area contributed by atoms with Gasteiger partial charge >= 0.3 is 0 Å². The Hall–Kier alpha value is -3.73. The Morgan fingerprint density at radius 2 is 1.03 bits per heavy atom. The summed E-state index contributed by atoms with van der Waals surface area (Å²) in [4.78, 5) is 0. The Kier molecular flexibility index (Phi) is 5.94. The Morgan fingerprint density at radius 1 is 0.581 bits per heavy atom. The minimum absolute atomic E-state index is 0.210. The monoisotopic (exact) mass is 420 g/mol. The first kappa shape index (κ1) is 20.5. The minimum atomic E-state index is -0.502. The second kappa shape index (κ2) is 8.96. The number of halogens is 3. The number of hydrogen-bond acceptors (Lipinski definition) is 2. The predicted octanol–water partition coefficient (Wildman–Crippen LogP) is 7.16. The van der Waals surface area contributed by atoms with E-state index in [-0.39, 0.29) is 18.4 Å². The van der Waals surface area contributed by atoms with Crippen LogP contribution in [0.15, 0.2) is 84.9 Å². The number of benzene rings is 4. The summed E-state index contributed by atoms with van der Waals surface area (Å²) in [6, 6.07) is 22.1. The maximum atomic E-state index is 14.5. The molecule has 31 heavy (non-hydrogen) atoms. The van der Waals surface area contributed by atoms with E-state index < -0.39 is 11.6 Å². The standard InChI is InChI=1S/C26H19F3O2/c1-17-2-4-18(5-3-17)23-12-10-21(14-25(23)28)30-16-31-22-11-13-24(26(29)15-22)19-6-8-20(27)9-7-19/h2-15H,16H2,1H3. The van der Waals surface area contributed by atoms with Crippen LogP contribution in [0.2, 0.25) is 0 Å². The van der Waals surface area contributed by atoms with E-state index in [1.54, 1.807) is 24.3 Å². The van der Waals surface area contributed by atoms with Gasteiger partial charge in [0.05, 0.1) is 0 Å². The van der Waals surface area contributed by atoms with Gasteiger partial charge in [-0.1, -0.05) is 42.0 Å². The van der Waals surface area contributed by atoms with E-state index in [1.165, 1.54) is 36.4 Å². The Morgan fingerprint density at radius 3 is 1.48 bits per heavy atom. The lowest BCUT2D eigenvalue weighted by molar-refractivity contribution is 0.119. The molecule has 0 fully saturated rings. The van der Waals surface area contributed by atoms with Crippen molar-refractivity contribution in [2.75, 3.05) is 6.79 Å². The maximum Gasteiger partial charge on any atom is 0.230 e. The molecule has 0 N–H and O–H groups in total. The zero-order chi connectivity index (χ0) is 21.8. The van der Waals surface area contributed by atoms with Crippen molar-refractivity contribution in [2.45, 2.75) is 6.92 Å². The summed E-state index contributed by atoms with van der Waals surface area (Å²) >= 11 is 0. The highest BCUT2D eigenvalue weighted by Gasteiger charge is 2.09. The van der Waals surface area contributed by atoms with Gasteiger partial charge in [-0.15, -0.1) is 0 Å². The summed E-state index contributed by atoms with van der Waals surface area (Å²) in [5, 5.41) is 0. The normalized spacial score (nSPS) is 10.7. The molecule has 0 heterocycles. The van der Waals surface area contributed by atoms with E-state index in [0.29, 0.717) is 22.4 Å². The average molecular weight is 420 g/mol. The van der Waals surface area contributed by atoms with E-state index in [9.17, 15) is 13.2 Å². The highest BCUT2D eigenvalue weighted by atomic mass is 19.1. The molecule has 0 atom stereocenters. The molecule has 2 nitrogen and oxygen atoms in total. The van der Waals surface area contributed by atoms with E-state index in [4.69, 9.17) is 9.47 Å². The topological polar surface area (TPSA) is 18.5 Å². The highest BCUT2D eigenvalue weighted by molar-refractivity contribution is 5.66. The van der Waals surface area contributed by atoms with Crippen LogP contribution in [0.25, 0.3) is 22.3 Å². The number of aryl methyl sites for hydroxylation is 1. The Balaban J connectivity index is 1.39. The summed E-state index contributed by atoms with van der Waals surface area (Å²) in [7, 11) is 0. The first-order valence-corrected chi connectivity index (χ1v) is 9.67. The van der Waals surface area contributed by atoms with Gasteiger partial charge in [-0.3, -0.25) is 0 Å². The predicted molar refractivity (Wildman–Crippen MR) is 114 cm³/mol. The van der Waals surface area contributed by atoms with Crippen molar-refractivity contribution in [3.63, 3.8) is 0 Å². The summed E-state index contributed by atoms with van der Waals surface area (Å²) < 4.78 is 52.8. The first-order chi connectivity index (χ1) is 15.0. The highest BCUT2D eigenvalue weighted by Crippen LogP contribution is 2.28. The largest absolute Gasteiger partial charge is 0.457 e. The van der Waals surface area contributed by atoms with Crippen LogP contribution in [0.5, 0.6) is 11.5 Å². The van der Waals surface area contributed by atoms with Gasteiger partial charge < -0.3 is 9.47 Å². The Bertz CT molecular complexity index is 1090. The first-order valence-electron chi connectivity index (χ1n) is 9.67. The second-order valence-corrected chi connectivity index (χ2v) is 7.06. The fourth-order valence-corrected chi connectivity index (χ4v) is 3.17. The van der Waals surface area contributed by atoms with Gasteiger partial charge in [0.2, 0.25) is 6.79 Å². The number of hydrogen-bond donors (Lipinski definition) is 0. The summed E-state index contributed by atoms with van der Waals surface area (Å²) in [6.45, 7) is 1.76. The van der Waals surface area contributed by atoms with Crippen LogP contribution in [-0.4, -0.2) is 6.79 Å². The average Bonchev–Trinajstić information content (AvgIpc) is 2.76. The van der Waals surface area contributed by atoms with Gasteiger partial charge in [0.1, 0.15) is 29.0 Å². The Labute approximate surface area is 178 Å². The second-order valence-electron chi connectivity index (χ2n) is 7.06. The van der Waals surface area contributed by atoms with Crippen LogP contribution < -0.4 is 9.47 Å². The molecule has 0 aromatic heterocycles. The van der Waals surface area contributed by atoms with Crippen LogP contribution >= 0.6 is 0 Å². The molecular weight excluding hydrogens is 401 g/mol. The quantitative estimate of drug-likeness (QED) is 0.308. The lowest BCUT2D eigenvalue weighted by atomic mass is 10.0. The van der Waals surface area contributed by atoms with Crippen molar-refractivity contribution < 1.29 is 22.6 Å². The molecule has 0 aliphatic carbocycles. The van der Waals surface area contributed by atoms with Crippen LogP contribution in [-0.2, 0) is 0 Å². The van der Waals surface area contributed by atoms with Gasteiger partial charge in [-0.25, -0.2) is 13.2 Å². The van der Waals surface area contributed by atoms with E-state index in [0.717, 1.165) is 11.1 Å². The van der Waals surface area contributed by atoms with Crippen LogP contribution in [0, 0.1) is 24.4 Å². The summed E-state index contributed by atoms with van der Waals surface area (Å²) in [5.41, 5.74) is 3.26. The molecule has 4 aromatic carbocycles. The van der Waals surface area contributed by atoms with Crippen LogP contribution in [0.3, 0.4) is 0 Å². The molecule has 0 aliphatic heterocycles.